The first-order chi connectivity index (χ1) is 13.6. The normalized spacial score (nSPS) is 11.4. The zero-order valence-electron chi connectivity index (χ0n) is 16.0. The molecule has 0 aliphatic carbocycles. The van der Waals surface area contributed by atoms with Crippen LogP contribution in [0.5, 0.6) is 5.75 Å². The summed E-state index contributed by atoms with van der Waals surface area (Å²) in [6.45, 7) is 1.07. The van der Waals surface area contributed by atoms with Crippen LogP contribution in [0.1, 0.15) is 11.5 Å². The summed E-state index contributed by atoms with van der Waals surface area (Å²) in [5.41, 5.74) is 1.99. The van der Waals surface area contributed by atoms with Gasteiger partial charge in [-0.25, -0.2) is 0 Å². The number of methoxy groups -OCH3 is 1. The van der Waals surface area contributed by atoms with Gasteiger partial charge in [0.1, 0.15) is 5.75 Å². The summed E-state index contributed by atoms with van der Waals surface area (Å²) in [5, 5.41) is 7.91. The maximum absolute atomic E-state index is 5.91. The first-order valence-electron chi connectivity index (χ1n) is 8.72. The molecule has 0 aliphatic rings. The second-order valence-electron chi connectivity index (χ2n) is 6.12. The van der Waals surface area contributed by atoms with E-state index < -0.39 is 0 Å². The maximum Gasteiger partial charge on any atom is 0.246 e. The molecule has 1 N–H and O–H groups in total. The van der Waals surface area contributed by atoms with E-state index in [1.54, 1.807) is 26.3 Å². The Bertz CT molecular complexity index is 923. The number of hydrogen-bond donors (Lipinski definition) is 1. The van der Waals surface area contributed by atoms with E-state index in [1.165, 1.54) is 0 Å². The quantitative estimate of drug-likeness (QED) is 0.504. The smallest absolute Gasteiger partial charge is 0.246 e. The van der Waals surface area contributed by atoms with Crippen molar-refractivity contribution in [2.45, 2.75) is 13.1 Å². The Labute approximate surface area is 169 Å². The third-order valence-electron chi connectivity index (χ3n) is 4.12. The monoisotopic (exact) mass is 399 g/mol. The van der Waals surface area contributed by atoms with Gasteiger partial charge in [0, 0.05) is 31.2 Å². The number of hydrogen-bond acceptors (Lipinski definition) is 5. The molecule has 0 spiro atoms. The van der Waals surface area contributed by atoms with E-state index in [4.69, 9.17) is 20.9 Å². The molecule has 146 valence electrons. The van der Waals surface area contributed by atoms with Gasteiger partial charge in [0.2, 0.25) is 11.7 Å². The SMILES string of the molecule is CN=C(NCc1nc(-c2ccc(Cl)cc2)no1)N(C)Cc1ccc(OC)cc1. The number of benzene rings is 2. The molecule has 1 heterocycles. The van der Waals surface area contributed by atoms with Gasteiger partial charge in [-0.2, -0.15) is 4.98 Å². The first-order valence-corrected chi connectivity index (χ1v) is 9.10. The lowest BCUT2D eigenvalue weighted by Gasteiger charge is -2.21. The molecule has 0 fully saturated rings. The summed E-state index contributed by atoms with van der Waals surface area (Å²) < 4.78 is 10.5. The molecule has 28 heavy (non-hydrogen) atoms. The third kappa shape index (κ3) is 5.01. The van der Waals surface area contributed by atoms with Crippen molar-refractivity contribution in [1.29, 1.82) is 0 Å². The fourth-order valence-electron chi connectivity index (χ4n) is 2.66. The summed E-state index contributed by atoms with van der Waals surface area (Å²) >= 11 is 5.91. The van der Waals surface area contributed by atoms with Crippen LogP contribution < -0.4 is 10.1 Å². The highest BCUT2D eigenvalue weighted by Gasteiger charge is 2.11. The molecule has 0 amide bonds. The van der Waals surface area contributed by atoms with Gasteiger partial charge in [-0.1, -0.05) is 28.9 Å². The van der Waals surface area contributed by atoms with Crippen LogP contribution in [0.2, 0.25) is 5.02 Å². The van der Waals surface area contributed by atoms with E-state index in [2.05, 4.69) is 20.4 Å². The van der Waals surface area contributed by atoms with Crippen LogP contribution in [-0.2, 0) is 13.1 Å². The Kier molecular flexibility index (Phi) is 6.49. The van der Waals surface area contributed by atoms with E-state index in [0.29, 0.717) is 29.8 Å². The Morgan fingerprint density at radius 3 is 2.54 bits per heavy atom. The highest BCUT2D eigenvalue weighted by atomic mass is 35.5. The Hall–Kier alpha value is -3.06. The van der Waals surface area contributed by atoms with E-state index >= 15 is 0 Å². The molecule has 8 heteroatoms. The van der Waals surface area contributed by atoms with Gasteiger partial charge < -0.3 is 19.5 Å². The zero-order chi connectivity index (χ0) is 19.9. The largest absolute Gasteiger partial charge is 0.497 e. The average Bonchev–Trinajstić information content (AvgIpc) is 3.18. The molecule has 1 aromatic heterocycles. The molecule has 0 saturated carbocycles. The minimum absolute atomic E-state index is 0.375. The predicted molar refractivity (Wildman–Crippen MR) is 109 cm³/mol. The van der Waals surface area contributed by atoms with Crippen LogP contribution >= 0.6 is 11.6 Å². The van der Waals surface area contributed by atoms with Gasteiger partial charge in [0.05, 0.1) is 13.7 Å². The molecule has 0 radical (unpaired) electrons. The molecular weight excluding hydrogens is 378 g/mol. The van der Waals surface area contributed by atoms with Crippen molar-refractivity contribution in [3.8, 4) is 17.1 Å². The number of aromatic nitrogens is 2. The van der Waals surface area contributed by atoms with Crippen molar-refractivity contribution in [3.05, 3.63) is 65.0 Å². The van der Waals surface area contributed by atoms with Crippen molar-refractivity contribution in [2.24, 2.45) is 4.99 Å². The number of ether oxygens (including phenoxy) is 1. The Balaban J connectivity index is 1.58. The van der Waals surface area contributed by atoms with E-state index in [-0.39, 0.29) is 0 Å². The highest BCUT2D eigenvalue weighted by Crippen LogP contribution is 2.18. The fraction of sp³-hybridized carbons (Fsp3) is 0.250. The minimum Gasteiger partial charge on any atom is -0.497 e. The Morgan fingerprint density at radius 2 is 1.89 bits per heavy atom. The summed E-state index contributed by atoms with van der Waals surface area (Å²) in [5.74, 6) is 2.56. The standard InChI is InChI=1S/C20H22ClN5O2/c1-22-20(26(2)13-14-4-10-17(27-3)11-5-14)23-12-18-24-19(25-28-18)15-6-8-16(21)9-7-15/h4-11H,12-13H2,1-3H3,(H,22,23). The van der Waals surface area contributed by atoms with Crippen LogP contribution in [0.25, 0.3) is 11.4 Å². The molecule has 0 aliphatic heterocycles. The summed E-state index contributed by atoms with van der Waals surface area (Å²) in [6.07, 6.45) is 0. The number of nitrogens with one attached hydrogen (secondary N) is 1. The van der Waals surface area contributed by atoms with Crippen LogP contribution in [-0.4, -0.2) is 42.2 Å². The van der Waals surface area contributed by atoms with Gasteiger partial charge in [-0.3, -0.25) is 4.99 Å². The van der Waals surface area contributed by atoms with Gasteiger partial charge in [0.15, 0.2) is 5.96 Å². The van der Waals surface area contributed by atoms with E-state index in [9.17, 15) is 0 Å². The number of rotatable bonds is 6. The minimum atomic E-state index is 0.375. The van der Waals surface area contributed by atoms with E-state index in [1.807, 2.05) is 48.3 Å². The van der Waals surface area contributed by atoms with Crippen molar-refractivity contribution in [1.82, 2.24) is 20.4 Å². The molecule has 0 bridgehead atoms. The molecule has 3 aromatic rings. The summed E-state index contributed by atoms with van der Waals surface area (Å²) in [7, 11) is 5.36. The van der Waals surface area contributed by atoms with Crippen LogP contribution in [0.3, 0.4) is 0 Å². The number of nitrogens with zero attached hydrogens (tertiary/aromatic N) is 4. The van der Waals surface area contributed by atoms with Crippen molar-refractivity contribution in [2.75, 3.05) is 21.2 Å². The van der Waals surface area contributed by atoms with Gasteiger partial charge >= 0.3 is 0 Å². The number of aliphatic imine (C=N–C) groups is 1. The molecule has 0 unspecified atom stereocenters. The highest BCUT2D eigenvalue weighted by molar-refractivity contribution is 6.30. The molecule has 2 aromatic carbocycles. The maximum atomic E-state index is 5.91. The summed E-state index contributed by atoms with van der Waals surface area (Å²) in [4.78, 5) is 10.7. The molecular formula is C20H22ClN5O2. The predicted octanol–water partition coefficient (Wildman–Crippen LogP) is 3.61. The molecule has 7 nitrogen and oxygen atoms in total. The van der Waals surface area contributed by atoms with Crippen molar-refractivity contribution in [3.63, 3.8) is 0 Å². The molecule has 0 saturated heterocycles. The van der Waals surface area contributed by atoms with Crippen LogP contribution in [0, 0.1) is 0 Å². The van der Waals surface area contributed by atoms with E-state index in [0.717, 1.165) is 22.8 Å². The number of guanidine groups is 1. The Morgan fingerprint density at radius 1 is 1.18 bits per heavy atom. The van der Waals surface area contributed by atoms with Gasteiger partial charge in [-0.15, -0.1) is 0 Å². The second kappa shape index (κ2) is 9.23. The number of halogens is 1. The average molecular weight is 400 g/mol. The topological polar surface area (TPSA) is 75.8 Å². The first kappa shape index (κ1) is 19.7. The van der Waals surface area contributed by atoms with Crippen LogP contribution in [0.15, 0.2) is 58.0 Å². The van der Waals surface area contributed by atoms with Crippen molar-refractivity contribution >= 4 is 17.6 Å². The van der Waals surface area contributed by atoms with Gasteiger partial charge in [0.25, 0.3) is 0 Å². The lowest BCUT2D eigenvalue weighted by molar-refractivity contribution is 0.371. The van der Waals surface area contributed by atoms with Gasteiger partial charge in [-0.05, 0) is 42.0 Å². The lowest BCUT2D eigenvalue weighted by atomic mass is 10.2. The molecule has 0 atom stereocenters. The summed E-state index contributed by atoms with van der Waals surface area (Å²) in [6, 6.07) is 15.2. The molecule has 3 rings (SSSR count). The third-order valence-corrected chi connectivity index (χ3v) is 4.37. The fourth-order valence-corrected chi connectivity index (χ4v) is 2.79. The van der Waals surface area contributed by atoms with Crippen LogP contribution in [0.4, 0.5) is 0 Å². The lowest BCUT2D eigenvalue weighted by Crippen LogP contribution is -2.38. The van der Waals surface area contributed by atoms with Crippen molar-refractivity contribution < 1.29 is 9.26 Å². The second-order valence-corrected chi connectivity index (χ2v) is 6.56. The zero-order valence-corrected chi connectivity index (χ0v) is 16.8.